The number of rotatable bonds is 7. The Kier molecular flexibility index (Phi) is 7.11. The van der Waals surface area contributed by atoms with Crippen molar-refractivity contribution in [3.63, 3.8) is 0 Å². The standard InChI is InChI=1S/C9H16F2N2O4/c1-13(5-7(10)11)9(16)12-6(8(14)15)3-4-17-2/h6-7H,3-5H2,1-2H3,(H,12,16)(H,14,15). The van der Waals surface area contributed by atoms with Crippen LogP contribution in [0, 0.1) is 0 Å². The molecule has 6 nitrogen and oxygen atoms in total. The monoisotopic (exact) mass is 254 g/mol. The van der Waals surface area contributed by atoms with Crippen LogP contribution < -0.4 is 5.32 Å². The molecule has 0 rings (SSSR count). The van der Waals surface area contributed by atoms with E-state index in [0.29, 0.717) is 0 Å². The molecule has 8 heteroatoms. The summed E-state index contributed by atoms with van der Waals surface area (Å²) in [4.78, 5) is 22.8. The molecule has 2 N–H and O–H groups in total. The Morgan fingerprint density at radius 1 is 1.47 bits per heavy atom. The molecular weight excluding hydrogens is 238 g/mol. The van der Waals surface area contributed by atoms with Crippen molar-refractivity contribution in [1.82, 2.24) is 10.2 Å². The third-order valence-corrected chi connectivity index (χ3v) is 1.97. The number of carbonyl (C=O) groups excluding carboxylic acids is 1. The molecule has 0 aliphatic rings. The van der Waals surface area contributed by atoms with Crippen molar-refractivity contribution in [2.45, 2.75) is 18.9 Å². The third-order valence-electron chi connectivity index (χ3n) is 1.97. The van der Waals surface area contributed by atoms with E-state index in [-0.39, 0.29) is 13.0 Å². The van der Waals surface area contributed by atoms with Crippen molar-refractivity contribution in [2.24, 2.45) is 0 Å². The van der Waals surface area contributed by atoms with Crippen molar-refractivity contribution in [3.05, 3.63) is 0 Å². The first-order valence-corrected chi connectivity index (χ1v) is 4.90. The second kappa shape index (κ2) is 7.77. The lowest BCUT2D eigenvalue weighted by Crippen LogP contribution is -2.48. The van der Waals surface area contributed by atoms with Crippen LogP contribution in [0.15, 0.2) is 0 Å². The van der Waals surface area contributed by atoms with Crippen LogP contribution in [0.5, 0.6) is 0 Å². The quantitative estimate of drug-likeness (QED) is 0.688. The largest absolute Gasteiger partial charge is 0.480 e. The summed E-state index contributed by atoms with van der Waals surface area (Å²) in [5.41, 5.74) is 0. The van der Waals surface area contributed by atoms with Gasteiger partial charge in [-0.1, -0.05) is 0 Å². The number of carboxylic acids is 1. The number of methoxy groups -OCH3 is 1. The van der Waals surface area contributed by atoms with Crippen LogP contribution in [0.2, 0.25) is 0 Å². The highest BCUT2D eigenvalue weighted by Gasteiger charge is 2.22. The van der Waals surface area contributed by atoms with E-state index in [4.69, 9.17) is 5.11 Å². The Labute approximate surface area is 97.5 Å². The number of carbonyl (C=O) groups is 2. The highest BCUT2D eigenvalue weighted by Crippen LogP contribution is 1.99. The lowest BCUT2D eigenvalue weighted by Gasteiger charge is -2.20. The lowest BCUT2D eigenvalue weighted by atomic mass is 10.2. The second-order valence-electron chi connectivity index (χ2n) is 3.39. The summed E-state index contributed by atoms with van der Waals surface area (Å²) in [5, 5.41) is 10.9. The molecule has 1 unspecified atom stereocenters. The summed E-state index contributed by atoms with van der Waals surface area (Å²) in [7, 11) is 2.56. The first-order valence-electron chi connectivity index (χ1n) is 4.90. The van der Waals surface area contributed by atoms with E-state index in [1.165, 1.54) is 7.11 Å². The molecule has 0 heterocycles. The van der Waals surface area contributed by atoms with Crippen molar-refractivity contribution >= 4 is 12.0 Å². The fraction of sp³-hybridized carbons (Fsp3) is 0.778. The Balaban J connectivity index is 4.24. The number of nitrogens with one attached hydrogen (secondary N) is 1. The molecule has 0 fully saturated rings. The minimum Gasteiger partial charge on any atom is -0.480 e. The Morgan fingerprint density at radius 2 is 2.06 bits per heavy atom. The Hall–Kier alpha value is -1.44. The van der Waals surface area contributed by atoms with Gasteiger partial charge in [-0.05, 0) is 0 Å². The SMILES string of the molecule is COCCC(NC(=O)N(C)CC(F)F)C(=O)O. The molecule has 0 spiro atoms. The third kappa shape index (κ3) is 6.67. The van der Waals surface area contributed by atoms with Crippen molar-refractivity contribution in [2.75, 3.05) is 27.3 Å². The van der Waals surface area contributed by atoms with Gasteiger partial charge in [0.1, 0.15) is 6.04 Å². The van der Waals surface area contributed by atoms with E-state index >= 15 is 0 Å². The molecule has 2 amide bonds. The van der Waals surface area contributed by atoms with Crippen LogP contribution in [0.3, 0.4) is 0 Å². The van der Waals surface area contributed by atoms with Gasteiger partial charge in [0.2, 0.25) is 0 Å². The highest BCUT2D eigenvalue weighted by molar-refractivity contribution is 5.82. The smallest absolute Gasteiger partial charge is 0.326 e. The molecule has 0 saturated carbocycles. The zero-order valence-electron chi connectivity index (χ0n) is 9.65. The predicted octanol–water partition coefficient (Wildman–Crippen LogP) is 0.383. The van der Waals surface area contributed by atoms with E-state index < -0.39 is 31.0 Å². The maximum absolute atomic E-state index is 12.0. The Bertz CT molecular complexity index is 263. The Morgan fingerprint density at radius 3 is 2.47 bits per heavy atom. The van der Waals surface area contributed by atoms with E-state index in [1.54, 1.807) is 0 Å². The average molecular weight is 254 g/mol. The van der Waals surface area contributed by atoms with Gasteiger partial charge in [0, 0.05) is 27.2 Å². The second-order valence-corrected chi connectivity index (χ2v) is 3.39. The van der Waals surface area contributed by atoms with Crippen LogP contribution in [0.1, 0.15) is 6.42 Å². The summed E-state index contributed by atoms with van der Waals surface area (Å²) in [6.07, 6.45) is -2.59. The molecule has 0 aromatic heterocycles. The molecular formula is C9H16F2N2O4. The molecule has 0 bridgehead atoms. The highest BCUT2D eigenvalue weighted by atomic mass is 19.3. The number of hydrogen-bond donors (Lipinski definition) is 2. The number of aliphatic carboxylic acids is 1. The molecule has 0 aliphatic carbocycles. The van der Waals surface area contributed by atoms with Crippen molar-refractivity contribution in [3.8, 4) is 0 Å². The predicted molar refractivity (Wildman–Crippen MR) is 55.1 cm³/mol. The summed E-state index contributed by atoms with van der Waals surface area (Å²) in [6.45, 7) is -0.599. The van der Waals surface area contributed by atoms with Crippen LogP contribution in [-0.2, 0) is 9.53 Å². The van der Waals surface area contributed by atoms with Gasteiger partial charge in [-0.25, -0.2) is 18.4 Å². The first kappa shape index (κ1) is 15.6. The lowest BCUT2D eigenvalue weighted by molar-refractivity contribution is -0.139. The van der Waals surface area contributed by atoms with Crippen LogP contribution >= 0.6 is 0 Å². The fourth-order valence-electron chi connectivity index (χ4n) is 1.04. The van der Waals surface area contributed by atoms with Crippen molar-refractivity contribution in [1.29, 1.82) is 0 Å². The minimum absolute atomic E-state index is 0.0695. The summed E-state index contributed by atoms with van der Waals surface area (Å²) < 4.78 is 28.7. The van der Waals surface area contributed by atoms with Gasteiger partial charge in [0.05, 0.1) is 6.54 Å². The number of alkyl halides is 2. The van der Waals surface area contributed by atoms with Crippen LogP contribution in [0.4, 0.5) is 13.6 Å². The number of halogens is 2. The number of urea groups is 1. The van der Waals surface area contributed by atoms with E-state index in [2.05, 4.69) is 10.1 Å². The van der Waals surface area contributed by atoms with Gasteiger partial charge in [-0.2, -0.15) is 0 Å². The van der Waals surface area contributed by atoms with Crippen LogP contribution in [-0.4, -0.2) is 61.8 Å². The summed E-state index contributed by atoms with van der Waals surface area (Å²) in [6, 6.07) is -2.00. The maximum atomic E-state index is 12.0. The molecule has 0 radical (unpaired) electrons. The van der Waals surface area contributed by atoms with Gasteiger partial charge in [-0.15, -0.1) is 0 Å². The number of hydrogen-bond acceptors (Lipinski definition) is 3. The van der Waals surface area contributed by atoms with E-state index in [1.807, 2.05) is 0 Å². The van der Waals surface area contributed by atoms with Crippen LogP contribution in [0.25, 0.3) is 0 Å². The zero-order chi connectivity index (χ0) is 13.4. The normalized spacial score (nSPS) is 12.3. The van der Waals surface area contributed by atoms with Crippen molar-refractivity contribution < 1.29 is 28.2 Å². The molecule has 100 valence electrons. The number of amides is 2. The van der Waals surface area contributed by atoms with Gasteiger partial charge >= 0.3 is 12.0 Å². The average Bonchev–Trinajstić information content (AvgIpc) is 2.22. The van der Waals surface area contributed by atoms with Gasteiger partial charge in [0.15, 0.2) is 0 Å². The number of carboxylic acid groups (broad SMARTS) is 1. The number of nitrogens with zero attached hydrogens (tertiary/aromatic N) is 1. The zero-order valence-corrected chi connectivity index (χ0v) is 9.65. The molecule has 0 aromatic carbocycles. The van der Waals surface area contributed by atoms with Gasteiger partial charge in [0.25, 0.3) is 6.43 Å². The molecule has 0 aliphatic heterocycles. The summed E-state index contributed by atoms with van der Waals surface area (Å²) >= 11 is 0. The van der Waals surface area contributed by atoms with Gasteiger partial charge < -0.3 is 20.1 Å². The van der Waals surface area contributed by atoms with Gasteiger partial charge in [-0.3, -0.25) is 0 Å². The first-order chi connectivity index (χ1) is 7.88. The minimum atomic E-state index is -2.66. The molecule has 0 saturated heterocycles. The molecule has 0 aromatic rings. The maximum Gasteiger partial charge on any atom is 0.326 e. The molecule has 17 heavy (non-hydrogen) atoms. The van der Waals surface area contributed by atoms with E-state index in [0.717, 1.165) is 11.9 Å². The number of ether oxygens (including phenoxy) is 1. The topological polar surface area (TPSA) is 78.9 Å². The fourth-order valence-corrected chi connectivity index (χ4v) is 1.04. The van der Waals surface area contributed by atoms with E-state index in [9.17, 15) is 18.4 Å². The molecule has 1 atom stereocenters. The summed E-state index contributed by atoms with van der Waals surface area (Å²) in [5.74, 6) is -1.24.